The number of Topliss-reactive ketones (excluding diaryl/α,β-unsaturated/α-hetero) is 1. The second-order valence-electron chi connectivity index (χ2n) is 6.23. The minimum atomic E-state index is -0.0572. The van der Waals surface area contributed by atoms with E-state index in [2.05, 4.69) is 6.92 Å². The molecule has 1 saturated carbocycles. The van der Waals surface area contributed by atoms with Gasteiger partial charge in [0.15, 0.2) is 5.78 Å². The van der Waals surface area contributed by atoms with Crippen molar-refractivity contribution in [3.05, 3.63) is 11.1 Å². The van der Waals surface area contributed by atoms with Crippen molar-refractivity contribution in [1.82, 2.24) is 0 Å². The normalized spacial score (nSPS) is 43.6. The molecule has 1 saturated heterocycles. The standard InChI is InChI=1S/C15H20O3/c1-7-4-14-12(9(3)15(17)18-14)5-11-8(2)13(16)6-10(7)11/h7,9-10,12,14H,4-6H2,1-3H3. The molecule has 5 atom stereocenters. The molecular weight excluding hydrogens is 228 g/mol. The van der Waals surface area contributed by atoms with E-state index in [0.29, 0.717) is 24.0 Å². The molecule has 0 aromatic heterocycles. The SMILES string of the molecule is CC1=C2CC3C(CC(C)C2CC1=O)OC(=O)C3C. The highest BCUT2D eigenvalue weighted by Gasteiger charge is 2.48. The minimum absolute atomic E-state index is 0.0167. The Kier molecular flexibility index (Phi) is 2.61. The maximum Gasteiger partial charge on any atom is 0.309 e. The van der Waals surface area contributed by atoms with Gasteiger partial charge in [0.1, 0.15) is 6.10 Å². The molecule has 5 unspecified atom stereocenters. The van der Waals surface area contributed by atoms with E-state index in [-0.39, 0.29) is 23.9 Å². The number of allylic oxidation sites excluding steroid dienone is 2. The molecule has 2 fully saturated rings. The van der Waals surface area contributed by atoms with E-state index in [4.69, 9.17) is 4.74 Å². The fourth-order valence-corrected chi connectivity index (χ4v) is 3.94. The third-order valence-corrected chi connectivity index (χ3v) is 5.26. The van der Waals surface area contributed by atoms with E-state index in [1.54, 1.807) is 0 Å². The summed E-state index contributed by atoms with van der Waals surface area (Å²) >= 11 is 0. The predicted octanol–water partition coefficient (Wildman–Crippen LogP) is 2.50. The van der Waals surface area contributed by atoms with E-state index >= 15 is 0 Å². The number of fused-ring (bicyclic) bond motifs is 2. The van der Waals surface area contributed by atoms with Crippen molar-refractivity contribution < 1.29 is 14.3 Å². The molecule has 3 heteroatoms. The van der Waals surface area contributed by atoms with E-state index < -0.39 is 0 Å². The van der Waals surface area contributed by atoms with Crippen LogP contribution in [0.2, 0.25) is 0 Å². The van der Waals surface area contributed by atoms with Gasteiger partial charge in [-0.25, -0.2) is 0 Å². The summed E-state index contributed by atoms with van der Waals surface area (Å²) in [5.41, 5.74) is 2.27. The molecule has 0 amide bonds. The lowest BCUT2D eigenvalue weighted by atomic mass is 9.85. The molecule has 0 aromatic carbocycles. The Morgan fingerprint density at radius 2 is 1.89 bits per heavy atom. The molecule has 3 nitrogen and oxygen atoms in total. The summed E-state index contributed by atoms with van der Waals surface area (Å²) < 4.78 is 5.51. The third-order valence-electron chi connectivity index (χ3n) is 5.26. The number of esters is 1. The topological polar surface area (TPSA) is 43.4 Å². The van der Waals surface area contributed by atoms with Gasteiger partial charge >= 0.3 is 5.97 Å². The van der Waals surface area contributed by atoms with Crippen molar-refractivity contribution in [2.45, 2.75) is 46.1 Å². The highest BCUT2D eigenvalue weighted by molar-refractivity contribution is 5.98. The molecule has 0 N–H and O–H groups in total. The molecular formula is C15H20O3. The number of hydrogen-bond donors (Lipinski definition) is 0. The van der Waals surface area contributed by atoms with Crippen LogP contribution in [0.4, 0.5) is 0 Å². The quantitative estimate of drug-likeness (QED) is 0.619. The van der Waals surface area contributed by atoms with Gasteiger partial charge in [-0.05, 0) is 37.2 Å². The lowest BCUT2D eigenvalue weighted by molar-refractivity contribution is -0.144. The monoisotopic (exact) mass is 248 g/mol. The van der Waals surface area contributed by atoms with Crippen LogP contribution in [0, 0.1) is 23.7 Å². The van der Waals surface area contributed by atoms with Crippen molar-refractivity contribution in [1.29, 1.82) is 0 Å². The first-order valence-corrected chi connectivity index (χ1v) is 6.92. The Bertz CT molecular complexity index is 449. The van der Waals surface area contributed by atoms with Crippen molar-refractivity contribution >= 4 is 11.8 Å². The summed E-state index contributed by atoms with van der Waals surface area (Å²) in [5.74, 6) is 1.35. The highest BCUT2D eigenvalue weighted by atomic mass is 16.6. The Labute approximate surface area is 108 Å². The second-order valence-corrected chi connectivity index (χ2v) is 6.23. The van der Waals surface area contributed by atoms with Crippen molar-refractivity contribution in [3.8, 4) is 0 Å². The van der Waals surface area contributed by atoms with Crippen molar-refractivity contribution in [2.24, 2.45) is 23.7 Å². The molecule has 0 bridgehead atoms. The van der Waals surface area contributed by atoms with Crippen LogP contribution in [0.25, 0.3) is 0 Å². The molecule has 2 aliphatic carbocycles. The van der Waals surface area contributed by atoms with Crippen LogP contribution >= 0.6 is 0 Å². The van der Waals surface area contributed by atoms with Crippen LogP contribution in [-0.4, -0.2) is 17.9 Å². The molecule has 1 aliphatic heterocycles. The zero-order chi connectivity index (χ0) is 13.0. The fraction of sp³-hybridized carbons (Fsp3) is 0.733. The molecule has 3 rings (SSSR count). The van der Waals surface area contributed by atoms with E-state index in [1.807, 2.05) is 13.8 Å². The Morgan fingerprint density at radius 3 is 2.61 bits per heavy atom. The van der Waals surface area contributed by atoms with Crippen LogP contribution in [0.15, 0.2) is 11.1 Å². The largest absolute Gasteiger partial charge is 0.462 e. The number of carbonyl (C=O) groups excluding carboxylic acids is 2. The zero-order valence-corrected chi connectivity index (χ0v) is 11.2. The first kappa shape index (κ1) is 11.9. The zero-order valence-electron chi connectivity index (χ0n) is 11.2. The van der Waals surface area contributed by atoms with E-state index in [9.17, 15) is 9.59 Å². The van der Waals surface area contributed by atoms with Gasteiger partial charge in [0.2, 0.25) is 0 Å². The summed E-state index contributed by atoms with van der Waals surface area (Å²) in [6.45, 7) is 6.10. The molecule has 98 valence electrons. The summed E-state index contributed by atoms with van der Waals surface area (Å²) in [5, 5.41) is 0. The fourth-order valence-electron chi connectivity index (χ4n) is 3.94. The molecule has 3 aliphatic rings. The van der Waals surface area contributed by atoms with Crippen LogP contribution in [0.1, 0.15) is 40.0 Å². The van der Waals surface area contributed by atoms with Gasteiger partial charge in [0.25, 0.3) is 0 Å². The molecule has 0 radical (unpaired) electrons. The molecule has 0 spiro atoms. The van der Waals surface area contributed by atoms with Crippen LogP contribution in [0.5, 0.6) is 0 Å². The summed E-state index contributed by atoms with van der Waals surface area (Å²) in [6, 6.07) is 0. The average Bonchev–Trinajstić information content (AvgIpc) is 2.68. The van der Waals surface area contributed by atoms with Crippen molar-refractivity contribution in [2.75, 3.05) is 0 Å². The lowest BCUT2D eigenvalue weighted by Gasteiger charge is -2.19. The lowest BCUT2D eigenvalue weighted by Crippen LogP contribution is -2.20. The Hall–Kier alpha value is -1.12. The highest BCUT2D eigenvalue weighted by Crippen LogP contribution is 2.48. The first-order valence-electron chi connectivity index (χ1n) is 6.92. The summed E-state index contributed by atoms with van der Waals surface area (Å²) in [6.07, 6.45) is 2.53. The first-order chi connectivity index (χ1) is 8.49. The van der Waals surface area contributed by atoms with Crippen LogP contribution in [0.3, 0.4) is 0 Å². The third kappa shape index (κ3) is 1.56. The average molecular weight is 248 g/mol. The number of hydrogen-bond acceptors (Lipinski definition) is 3. The predicted molar refractivity (Wildman–Crippen MR) is 66.7 cm³/mol. The second kappa shape index (κ2) is 3.94. The summed E-state index contributed by atoms with van der Waals surface area (Å²) in [7, 11) is 0. The number of ether oxygens (including phenoxy) is 1. The van der Waals surface area contributed by atoms with Crippen molar-refractivity contribution in [3.63, 3.8) is 0 Å². The van der Waals surface area contributed by atoms with Gasteiger partial charge in [-0.2, -0.15) is 0 Å². The number of ketones is 1. The van der Waals surface area contributed by atoms with Gasteiger partial charge in [-0.3, -0.25) is 9.59 Å². The van der Waals surface area contributed by atoms with Gasteiger partial charge < -0.3 is 4.74 Å². The van der Waals surface area contributed by atoms with E-state index in [1.165, 1.54) is 5.57 Å². The number of carbonyl (C=O) groups is 2. The Morgan fingerprint density at radius 1 is 1.17 bits per heavy atom. The molecule has 0 aromatic rings. The van der Waals surface area contributed by atoms with Gasteiger partial charge in [0.05, 0.1) is 5.92 Å². The molecule has 1 heterocycles. The maximum atomic E-state index is 11.9. The van der Waals surface area contributed by atoms with Gasteiger partial charge in [0, 0.05) is 12.3 Å². The maximum absolute atomic E-state index is 11.9. The number of rotatable bonds is 0. The summed E-state index contributed by atoms with van der Waals surface area (Å²) in [4.78, 5) is 23.6. The molecule has 18 heavy (non-hydrogen) atoms. The minimum Gasteiger partial charge on any atom is -0.462 e. The van der Waals surface area contributed by atoms with Gasteiger partial charge in [-0.1, -0.05) is 19.4 Å². The Balaban J connectivity index is 1.97. The van der Waals surface area contributed by atoms with E-state index in [0.717, 1.165) is 18.4 Å². The van der Waals surface area contributed by atoms with Gasteiger partial charge in [-0.15, -0.1) is 0 Å². The van der Waals surface area contributed by atoms with Crippen LogP contribution < -0.4 is 0 Å². The smallest absolute Gasteiger partial charge is 0.309 e. The van der Waals surface area contributed by atoms with Crippen LogP contribution in [-0.2, 0) is 14.3 Å².